The molecule has 4 aliphatic carbocycles. The fraction of sp³-hybridized carbons (Fsp3) is 0.857. The van der Waals surface area contributed by atoms with Crippen LogP contribution in [0, 0.1) is 28.6 Å². The van der Waals surface area contributed by atoms with E-state index < -0.39 is 22.1 Å². The maximum atomic E-state index is 12.3. The van der Waals surface area contributed by atoms with Crippen LogP contribution in [-0.2, 0) is 19.4 Å². The molecule has 7 heteroatoms. The van der Waals surface area contributed by atoms with Gasteiger partial charge < -0.3 is 5.11 Å². The zero-order chi connectivity index (χ0) is 20.5. The van der Waals surface area contributed by atoms with Gasteiger partial charge in [-0.1, -0.05) is 25.5 Å². The second-order valence-electron chi connectivity index (χ2n) is 10.1. The van der Waals surface area contributed by atoms with Gasteiger partial charge in [-0.25, -0.2) is 4.18 Å². The monoisotopic (exact) mass is 412 g/mol. The van der Waals surface area contributed by atoms with Crippen LogP contribution >= 0.6 is 0 Å². The van der Waals surface area contributed by atoms with E-state index in [1.807, 2.05) is 0 Å². The molecule has 0 aromatic heterocycles. The lowest BCUT2D eigenvalue weighted by atomic mass is 9.47. The van der Waals surface area contributed by atoms with E-state index in [1.54, 1.807) is 0 Å². The molecule has 2 N–H and O–H groups in total. The second-order valence-corrected chi connectivity index (χ2v) is 11.1. The van der Waals surface area contributed by atoms with Crippen molar-refractivity contribution < 1.29 is 27.1 Å². The first-order valence-corrected chi connectivity index (χ1v) is 11.9. The summed E-state index contributed by atoms with van der Waals surface area (Å²) >= 11 is 0. The summed E-state index contributed by atoms with van der Waals surface area (Å²) in [4.78, 5) is 12.3. The van der Waals surface area contributed by atoms with E-state index >= 15 is 0 Å². The average Bonchev–Trinajstić information content (AvgIpc) is 2.87. The highest BCUT2D eigenvalue weighted by molar-refractivity contribution is 7.80. The maximum Gasteiger partial charge on any atom is 0.397 e. The summed E-state index contributed by atoms with van der Waals surface area (Å²) < 4.78 is 36.1. The first kappa shape index (κ1) is 20.5. The van der Waals surface area contributed by atoms with Crippen molar-refractivity contribution in [3.8, 4) is 0 Å². The molecule has 0 radical (unpaired) electrons. The van der Waals surface area contributed by atoms with Crippen molar-refractivity contribution in [1.29, 1.82) is 0 Å². The maximum absolute atomic E-state index is 12.3. The summed E-state index contributed by atoms with van der Waals surface area (Å²) in [6, 6.07) is 0. The molecule has 0 bridgehead atoms. The number of fused-ring (bicyclic) bond motifs is 5. The highest BCUT2D eigenvalue weighted by atomic mass is 32.3. The van der Waals surface area contributed by atoms with E-state index in [4.69, 9.17) is 8.74 Å². The Hall–Kier alpha value is -0.760. The smallest absolute Gasteiger partial charge is 0.382 e. The minimum Gasteiger partial charge on any atom is -0.382 e. The zero-order valence-corrected chi connectivity index (χ0v) is 17.8. The Morgan fingerprint density at radius 2 is 1.82 bits per heavy atom. The summed E-state index contributed by atoms with van der Waals surface area (Å²) in [5.74, 6) is 1.16. The molecule has 0 unspecified atom stereocenters. The van der Waals surface area contributed by atoms with Crippen LogP contribution in [0.1, 0.15) is 72.1 Å². The number of Topliss-reactive ketones (excluding diaryl/α,β-unsaturated/α-hetero) is 1. The van der Waals surface area contributed by atoms with Gasteiger partial charge in [-0.05, 0) is 81.5 Å². The highest BCUT2D eigenvalue weighted by Crippen LogP contribution is 2.67. The van der Waals surface area contributed by atoms with Crippen LogP contribution in [0.5, 0.6) is 0 Å². The number of carbonyl (C=O) groups excluding carboxylic acids is 1. The van der Waals surface area contributed by atoms with Crippen LogP contribution in [0.15, 0.2) is 11.6 Å². The van der Waals surface area contributed by atoms with Crippen molar-refractivity contribution >= 4 is 16.2 Å². The fourth-order valence-corrected chi connectivity index (χ4v) is 7.98. The third-order valence-corrected chi connectivity index (χ3v) is 9.57. The molecule has 4 aliphatic rings. The average molecular weight is 413 g/mol. The van der Waals surface area contributed by atoms with Crippen molar-refractivity contribution in [1.82, 2.24) is 0 Å². The second kappa shape index (κ2) is 6.37. The molecule has 0 aliphatic heterocycles. The Bertz CT molecular complexity index is 819. The van der Waals surface area contributed by atoms with Crippen molar-refractivity contribution in [2.75, 3.05) is 0 Å². The largest absolute Gasteiger partial charge is 0.397 e. The molecule has 0 heterocycles. The molecule has 6 nitrogen and oxygen atoms in total. The van der Waals surface area contributed by atoms with Crippen LogP contribution < -0.4 is 0 Å². The highest BCUT2D eigenvalue weighted by Gasteiger charge is 2.65. The van der Waals surface area contributed by atoms with Gasteiger partial charge in [0.05, 0.1) is 6.10 Å². The SMILES string of the molecule is CC(=O)[C@]1(O)CC[C@@H]2[C@H]3CC=C4C[C@H](OS(=O)(=O)O)CC[C@]4(C)[C@@H]3CC[C@@]21C. The molecule has 0 saturated heterocycles. The minimum atomic E-state index is -4.43. The van der Waals surface area contributed by atoms with Crippen molar-refractivity contribution in [3.63, 3.8) is 0 Å². The van der Waals surface area contributed by atoms with Gasteiger partial charge in [-0.3, -0.25) is 9.35 Å². The molecule has 28 heavy (non-hydrogen) atoms. The molecule has 3 saturated carbocycles. The molecule has 4 rings (SSSR count). The van der Waals surface area contributed by atoms with Crippen molar-refractivity contribution in [2.24, 2.45) is 28.6 Å². The third kappa shape index (κ3) is 2.84. The van der Waals surface area contributed by atoms with Crippen molar-refractivity contribution in [2.45, 2.75) is 83.8 Å². The summed E-state index contributed by atoms with van der Waals surface area (Å²) in [5, 5.41) is 11.2. The number of allylic oxidation sites excluding steroid dienone is 1. The molecular formula is C21H32O6S. The third-order valence-electron chi connectivity index (χ3n) is 9.05. The number of carbonyl (C=O) groups is 1. The summed E-state index contributed by atoms with van der Waals surface area (Å²) in [5.41, 5.74) is -0.307. The van der Waals surface area contributed by atoms with E-state index in [2.05, 4.69) is 19.9 Å². The minimum absolute atomic E-state index is 0.000252. The van der Waals surface area contributed by atoms with Gasteiger partial charge in [0.1, 0.15) is 5.60 Å². The van der Waals surface area contributed by atoms with Crippen LogP contribution in [-0.4, -0.2) is 35.6 Å². The van der Waals surface area contributed by atoms with Gasteiger partial charge >= 0.3 is 10.4 Å². The lowest BCUT2D eigenvalue weighted by Gasteiger charge is -2.58. The van der Waals surface area contributed by atoms with Crippen LogP contribution in [0.3, 0.4) is 0 Å². The lowest BCUT2D eigenvalue weighted by molar-refractivity contribution is -0.159. The van der Waals surface area contributed by atoms with Gasteiger partial charge in [-0.15, -0.1) is 0 Å². The van der Waals surface area contributed by atoms with E-state index in [-0.39, 0.29) is 16.6 Å². The van der Waals surface area contributed by atoms with Crippen LogP contribution in [0.2, 0.25) is 0 Å². The van der Waals surface area contributed by atoms with E-state index in [0.717, 1.165) is 32.1 Å². The predicted molar refractivity (Wildman–Crippen MR) is 104 cm³/mol. The zero-order valence-electron chi connectivity index (χ0n) is 17.0. The van der Waals surface area contributed by atoms with Crippen LogP contribution in [0.4, 0.5) is 0 Å². The van der Waals surface area contributed by atoms with Gasteiger partial charge in [-0.2, -0.15) is 8.42 Å². The van der Waals surface area contributed by atoms with Gasteiger partial charge in [0.25, 0.3) is 0 Å². The number of hydrogen-bond acceptors (Lipinski definition) is 5. The summed E-state index contributed by atoms with van der Waals surface area (Å²) in [6.07, 6.45) is 7.92. The number of ketones is 1. The fourth-order valence-electron chi connectivity index (χ4n) is 7.48. The Labute approximate surface area is 167 Å². The number of aliphatic hydroxyl groups is 1. The Morgan fingerprint density at radius 3 is 2.46 bits per heavy atom. The standard InChI is InChI=1S/C21H32O6S/c1-13(22)21(23)11-8-18-16-5-4-14-12-15(27-28(24,25)26)6-9-19(14,2)17(16)7-10-20(18,21)3/h4,15-18,23H,5-12H2,1-3H3,(H,24,25,26)/t15-,16+,17-,18-,19+,20+,21-/m1/s1. The molecule has 0 aromatic carbocycles. The first-order valence-electron chi connectivity index (χ1n) is 10.5. The Morgan fingerprint density at radius 1 is 1.14 bits per heavy atom. The van der Waals surface area contributed by atoms with E-state index in [9.17, 15) is 18.3 Å². The predicted octanol–water partition coefficient (Wildman–Crippen LogP) is 3.46. The van der Waals surface area contributed by atoms with E-state index in [0.29, 0.717) is 37.0 Å². The molecule has 0 amide bonds. The topological polar surface area (TPSA) is 101 Å². The Kier molecular flexibility index (Phi) is 4.66. The molecule has 0 aromatic rings. The van der Waals surface area contributed by atoms with Gasteiger partial charge in [0, 0.05) is 5.41 Å². The lowest BCUT2D eigenvalue weighted by Crippen LogP contribution is -2.57. The molecule has 0 spiro atoms. The van der Waals surface area contributed by atoms with Gasteiger partial charge in [0.2, 0.25) is 0 Å². The molecule has 3 fully saturated rings. The molecule has 158 valence electrons. The summed E-state index contributed by atoms with van der Waals surface area (Å²) in [7, 11) is -4.43. The molecular weight excluding hydrogens is 380 g/mol. The Balaban J connectivity index is 1.61. The van der Waals surface area contributed by atoms with Gasteiger partial charge in [0.15, 0.2) is 5.78 Å². The quantitative estimate of drug-likeness (QED) is 0.544. The first-order chi connectivity index (χ1) is 12.9. The number of hydrogen-bond donors (Lipinski definition) is 2. The molecule has 7 atom stereocenters. The number of rotatable bonds is 3. The van der Waals surface area contributed by atoms with Crippen molar-refractivity contribution in [3.05, 3.63) is 11.6 Å². The van der Waals surface area contributed by atoms with E-state index in [1.165, 1.54) is 12.5 Å². The summed E-state index contributed by atoms with van der Waals surface area (Å²) in [6.45, 7) is 5.92. The van der Waals surface area contributed by atoms with Crippen LogP contribution in [0.25, 0.3) is 0 Å². The normalized spacial score (nSPS) is 48.2.